The van der Waals surface area contributed by atoms with Gasteiger partial charge in [-0.15, -0.1) is 0 Å². The van der Waals surface area contributed by atoms with Crippen molar-refractivity contribution in [1.29, 1.82) is 0 Å². The summed E-state index contributed by atoms with van der Waals surface area (Å²) in [5.41, 5.74) is 1.99. The normalized spacial score (nSPS) is 19.5. The van der Waals surface area contributed by atoms with Crippen LogP contribution in [0.5, 0.6) is 11.5 Å². The van der Waals surface area contributed by atoms with Crippen LogP contribution < -0.4 is 9.47 Å². The number of aryl methyl sites for hydroxylation is 1. The fourth-order valence-electron chi connectivity index (χ4n) is 4.85. The first-order chi connectivity index (χ1) is 15.9. The minimum atomic E-state index is -3.63. The third-order valence-electron chi connectivity index (χ3n) is 6.68. The number of carbonyl (C=O) groups excluding carboxylic acids is 1. The lowest BCUT2D eigenvalue weighted by molar-refractivity contribution is 0.0734. The number of amides is 1. The summed E-state index contributed by atoms with van der Waals surface area (Å²) in [6.07, 6.45) is 4.48. The Bertz CT molecular complexity index is 1130. The smallest absolute Gasteiger partial charge is 0.254 e. The number of likely N-dealkylation sites (tertiary alicyclic amines) is 1. The van der Waals surface area contributed by atoms with E-state index in [9.17, 15) is 13.2 Å². The van der Waals surface area contributed by atoms with Crippen LogP contribution in [0.2, 0.25) is 0 Å². The Labute approximate surface area is 196 Å². The molecule has 2 aliphatic rings. The van der Waals surface area contributed by atoms with Gasteiger partial charge in [-0.1, -0.05) is 12.5 Å². The first-order valence-corrected chi connectivity index (χ1v) is 12.9. The topological polar surface area (TPSA) is 76.2 Å². The Balaban J connectivity index is 1.65. The summed E-state index contributed by atoms with van der Waals surface area (Å²) in [6.45, 7) is 3.46. The number of hydrogen-bond donors (Lipinski definition) is 0. The molecular weight excluding hydrogens is 440 g/mol. The van der Waals surface area contributed by atoms with Crippen LogP contribution in [-0.4, -0.2) is 57.4 Å². The zero-order valence-electron chi connectivity index (χ0n) is 19.5. The maximum absolute atomic E-state index is 13.6. The first kappa shape index (κ1) is 23.6. The first-order valence-electron chi connectivity index (χ1n) is 11.5. The molecule has 0 aliphatic carbocycles. The monoisotopic (exact) mass is 472 g/mol. The number of methoxy groups -OCH3 is 2. The molecule has 2 fully saturated rings. The van der Waals surface area contributed by atoms with Gasteiger partial charge in [-0.05, 0) is 62.4 Å². The van der Waals surface area contributed by atoms with Crippen LogP contribution in [0.3, 0.4) is 0 Å². The summed E-state index contributed by atoms with van der Waals surface area (Å²) in [4.78, 5) is 15.6. The SMILES string of the molecule is COc1ccc(C2CCCN2C(=O)c2ccc(C)c(S(=O)(=O)N3CCCCC3)c2)c(OC)c1. The van der Waals surface area contributed by atoms with Gasteiger partial charge >= 0.3 is 0 Å². The van der Waals surface area contributed by atoms with Gasteiger partial charge < -0.3 is 14.4 Å². The number of piperidine rings is 1. The van der Waals surface area contributed by atoms with Crippen molar-refractivity contribution in [1.82, 2.24) is 9.21 Å². The van der Waals surface area contributed by atoms with E-state index in [2.05, 4.69) is 0 Å². The minimum Gasteiger partial charge on any atom is -0.497 e. The molecule has 2 aliphatic heterocycles. The largest absolute Gasteiger partial charge is 0.497 e. The summed E-state index contributed by atoms with van der Waals surface area (Å²) >= 11 is 0. The van der Waals surface area contributed by atoms with Crippen LogP contribution in [0.15, 0.2) is 41.3 Å². The van der Waals surface area contributed by atoms with E-state index in [-0.39, 0.29) is 16.8 Å². The van der Waals surface area contributed by atoms with Gasteiger partial charge in [0.25, 0.3) is 5.91 Å². The Morgan fingerprint density at radius 2 is 1.70 bits per heavy atom. The third-order valence-corrected chi connectivity index (χ3v) is 8.72. The van der Waals surface area contributed by atoms with Crippen LogP contribution >= 0.6 is 0 Å². The molecule has 8 heteroatoms. The lowest BCUT2D eigenvalue weighted by Crippen LogP contribution is -2.36. The van der Waals surface area contributed by atoms with E-state index in [1.54, 1.807) is 43.6 Å². The van der Waals surface area contributed by atoms with E-state index >= 15 is 0 Å². The number of hydrogen-bond acceptors (Lipinski definition) is 5. The molecule has 0 N–H and O–H groups in total. The number of ether oxygens (including phenoxy) is 2. The molecular formula is C25H32N2O5S. The molecule has 178 valence electrons. The molecule has 2 aromatic carbocycles. The molecule has 2 saturated heterocycles. The molecule has 1 amide bonds. The zero-order valence-corrected chi connectivity index (χ0v) is 20.4. The van der Waals surface area contributed by atoms with Gasteiger partial charge in [0.2, 0.25) is 10.0 Å². The minimum absolute atomic E-state index is 0.137. The molecule has 0 radical (unpaired) electrons. The van der Waals surface area contributed by atoms with Crippen molar-refractivity contribution in [3.8, 4) is 11.5 Å². The van der Waals surface area contributed by atoms with Crippen molar-refractivity contribution in [3.63, 3.8) is 0 Å². The van der Waals surface area contributed by atoms with Crippen molar-refractivity contribution in [3.05, 3.63) is 53.1 Å². The van der Waals surface area contributed by atoms with E-state index < -0.39 is 10.0 Å². The number of nitrogens with zero attached hydrogens (tertiary/aromatic N) is 2. The standard InChI is InChI=1S/C25H32N2O5S/c1-18-9-10-19(16-24(18)33(29,30)26-13-5-4-6-14-26)25(28)27-15-7-8-22(27)21-12-11-20(31-2)17-23(21)32-3/h9-12,16-17,22H,4-8,13-15H2,1-3H3. The number of benzene rings is 2. The third kappa shape index (κ3) is 4.59. The van der Waals surface area contributed by atoms with Gasteiger partial charge in [0.05, 0.1) is 25.2 Å². The zero-order chi connectivity index (χ0) is 23.6. The predicted octanol–water partition coefficient (Wildman–Crippen LogP) is 4.16. The van der Waals surface area contributed by atoms with E-state index in [0.29, 0.717) is 42.3 Å². The molecule has 4 rings (SSSR count). The van der Waals surface area contributed by atoms with Crippen LogP contribution in [0.4, 0.5) is 0 Å². The molecule has 0 bridgehead atoms. The van der Waals surface area contributed by atoms with E-state index in [4.69, 9.17) is 9.47 Å². The van der Waals surface area contributed by atoms with Crippen molar-refractivity contribution in [2.24, 2.45) is 0 Å². The second-order valence-corrected chi connectivity index (χ2v) is 10.6. The molecule has 1 unspecified atom stereocenters. The van der Waals surface area contributed by atoms with Crippen molar-refractivity contribution < 1.29 is 22.7 Å². The van der Waals surface area contributed by atoms with Crippen molar-refractivity contribution in [2.75, 3.05) is 33.9 Å². The Morgan fingerprint density at radius 1 is 0.939 bits per heavy atom. The molecule has 0 saturated carbocycles. The molecule has 7 nitrogen and oxygen atoms in total. The Kier molecular flexibility index (Phi) is 6.95. The fourth-order valence-corrected chi connectivity index (χ4v) is 6.62. The average molecular weight is 473 g/mol. The highest BCUT2D eigenvalue weighted by Crippen LogP contribution is 2.39. The van der Waals surface area contributed by atoms with Crippen molar-refractivity contribution >= 4 is 15.9 Å². The summed E-state index contributed by atoms with van der Waals surface area (Å²) < 4.78 is 39.0. The highest BCUT2D eigenvalue weighted by molar-refractivity contribution is 7.89. The van der Waals surface area contributed by atoms with Crippen LogP contribution in [0.25, 0.3) is 0 Å². The van der Waals surface area contributed by atoms with Gasteiger partial charge in [-0.25, -0.2) is 8.42 Å². The second kappa shape index (κ2) is 9.73. The average Bonchev–Trinajstić information content (AvgIpc) is 3.33. The molecule has 1 atom stereocenters. The summed E-state index contributed by atoms with van der Waals surface area (Å²) in [7, 11) is -0.415. The van der Waals surface area contributed by atoms with Gasteiger partial charge in [0.1, 0.15) is 11.5 Å². The maximum atomic E-state index is 13.6. The molecule has 0 aromatic heterocycles. The fraction of sp³-hybridized carbons (Fsp3) is 0.480. The molecule has 33 heavy (non-hydrogen) atoms. The summed E-state index contributed by atoms with van der Waals surface area (Å²) in [6, 6.07) is 10.5. The van der Waals surface area contributed by atoms with Crippen LogP contribution in [-0.2, 0) is 10.0 Å². The lowest BCUT2D eigenvalue weighted by Gasteiger charge is -2.28. The predicted molar refractivity (Wildman–Crippen MR) is 126 cm³/mol. The molecule has 2 heterocycles. The quantitative estimate of drug-likeness (QED) is 0.631. The Hall–Kier alpha value is -2.58. The van der Waals surface area contributed by atoms with Gasteiger partial charge in [-0.3, -0.25) is 4.79 Å². The maximum Gasteiger partial charge on any atom is 0.254 e. The van der Waals surface area contributed by atoms with Crippen molar-refractivity contribution in [2.45, 2.75) is 50.0 Å². The lowest BCUT2D eigenvalue weighted by atomic mass is 10.0. The number of rotatable bonds is 6. The van der Waals surface area contributed by atoms with E-state index in [1.807, 2.05) is 23.1 Å². The highest BCUT2D eigenvalue weighted by atomic mass is 32.2. The Morgan fingerprint density at radius 3 is 2.39 bits per heavy atom. The summed E-state index contributed by atoms with van der Waals surface area (Å²) in [5.74, 6) is 1.21. The second-order valence-electron chi connectivity index (χ2n) is 8.71. The summed E-state index contributed by atoms with van der Waals surface area (Å²) in [5, 5.41) is 0. The highest BCUT2D eigenvalue weighted by Gasteiger charge is 2.34. The van der Waals surface area contributed by atoms with Crippen LogP contribution in [0.1, 0.15) is 59.6 Å². The van der Waals surface area contributed by atoms with Gasteiger partial charge in [-0.2, -0.15) is 4.31 Å². The number of carbonyl (C=O) groups is 1. The number of sulfonamides is 1. The molecule has 0 spiro atoms. The van der Waals surface area contributed by atoms with Crippen LogP contribution in [0, 0.1) is 6.92 Å². The van der Waals surface area contributed by atoms with E-state index in [1.165, 1.54) is 0 Å². The van der Waals surface area contributed by atoms with Gasteiger partial charge in [0, 0.05) is 36.8 Å². The van der Waals surface area contributed by atoms with Gasteiger partial charge in [0.15, 0.2) is 0 Å². The van der Waals surface area contributed by atoms with E-state index in [0.717, 1.165) is 37.7 Å². The molecule has 2 aromatic rings.